The van der Waals surface area contributed by atoms with Crippen LogP contribution in [-0.2, 0) is 10.3 Å². The highest BCUT2D eigenvalue weighted by molar-refractivity contribution is 5.31. The maximum atomic E-state index is 9.66. The molecule has 20 heavy (non-hydrogen) atoms. The van der Waals surface area contributed by atoms with E-state index in [0.717, 1.165) is 18.7 Å². The van der Waals surface area contributed by atoms with Gasteiger partial charge in [0, 0.05) is 6.61 Å². The molecule has 0 aromatic heterocycles. The number of hydrogen-bond donors (Lipinski definition) is 1. The number of nitrogens with zero attached hydrogens (tertiary/aromatic N) is 1. The summed E-state index contributed by atoms with van der Waals surface area (Å²) in [6.07, 6.45) is 5.19. The third kappa shape index (κ3) is 3.59. The van der Waals surface area contributed by atoms with Gasteiger partial charge < -0.3 is 4.74 Å². The SMILES string of the molecule is CCNC(C#N)(COCC1CCCC1)c1ccccc1. The van der Waals surface area contributed by atoms with E-state index in [1.165, 1.54) is 25.7 Å². The lowest BCUT2D eigenvalue weighted by atomic mass is 9.92. The molecular weight excluding hydrogens is 248 g/mol. The van der Waals surface area contributed by atoms with Crippen molar-refractivity contribution in [1.29, 1.82) is 5.26 Å². The van der Waals surface area contributed by atoms with Crippen molar-refractivity contribution in [3.63, 3.8) is 0 Å². The molecule has 0 saturated heterocycles. The van der Waals surface area contributed by atoms with Crippen LogP contribution in [-0.4, -0.2) is 19.8 Å². The van der Waals surface area contributed by atoms with Crippen molar-refractivity contribution < 1.29 is 4.74 Å². The van der Waals surface area contributed by atoms with Gasteiger partial charge in [-0.2, -0.15) is 5.26 Å². The zero-order chi connectivity index (χ0) is 14.3. The first kappa shape index (κ1) is 15.0. The number of rotatable bonds is 7. The first-order valence-corrected chi connectivity index (χ1v) is 7.60. The molecule has 1 fully saturated rings. The molecule has 1 aromatic carbocycles. The molecule has 0 spiro atoms. The molecule has 108 valence electrons. The van der Waals surface area contributed by atoms with E-state index < -0.39 is 5.54 Å². The van der Waals surface area contributed by atoms with Crippen LogP contribution in [0.25, 0.3) is 0 Å². The number of ether oxygens (including phenoxy) is 1. The topological polar surface area (TPSA) is 45.0 Å². The van der Waals surface area contributed by atoms with E-state index in [1.54, 1.807) is 0 Å². The molecule has 0 bridgehead atoms. The second-order valence-electron chi connectivity index (χ2n) is 5.58. The highest BCUT2D eigenvalue weighted by atomic mass is 16.5. The van der Waals surface area contributed by atoms with Gasteiger partial charge in [0.1, 0.15) is 0 Å². The van der Waals surface area contributed by atoms with Gasteiger partial charge in [-0.1, -0.05) is 50.1 Å². The Morgan fingerprint density at radius 3 is 2.60 bits per heavy atom. The Labute approximate surface area is 121 Å². The lowest BCUT2D eigenvalue weighted by Gasteiger charge is -2.28. The van der Waals surface area contributed by atoms with Crippen molar-refractivity contribution in [3.05, 3.63) is 35.9 Å². The van der Waals surface area contributed by atoms with E-state index in [2.05, 4.69) is 11.4 Å². The summed E-state index contributed by atoms with van der Waals surface area (Å²) in [7, 11) is 0. The van der Waals surface area contributed by atoms with Gasteiger partial charge in [0.05, 0.1) is 12.7 Å². The average molecular weight is 272 g/mol. The van der Waals surface area contributed by atoms with E-state index in [9.17, 15) is 5.26 Å². The van der Waals surface area contributed by atoms with Crippen molar-refractivity contribution >= 4 is 0 Å². The fourth-order valence-corrected chi connectivity index (χ4v) is 2.95. The van der Waals surface area contributed by atoms with Gasteiger partial charge in [-0.15, -0.1) is 0 Å². The molecule has 1 atom stereocenters. The monoisotopic (exact) mass is 272 g/mol. The van der Waals surface area contributed by atoms with Crippen molar-refractivity contribution in [3.8, 4) is 6.07 Å². The minimum absolute atomic E-state index is 0.415. The third-order valence-corrected chi connectivity index (χ3v) is 4.08. The summed E-state index contributed by atoms with van der Waals surface area (Å²) in [6.45, 7) is 3.96. The van der Waals surface area contributed by atoms with Gasteiger partial charge in [0.25, 0.3) is 0 Å². The first-order valence-electron chi connectivity index (χ1n) is 7.60. The molecule has 1 aliphatic rings. The first-order chi connectivity index (χ1) is 9.80. The van der Waals surface area contributed by atoms with Crippen LogP contribution in [0.1, 0.15) is 38.2 Å². The van der Waals surface area contributed by atoms with E-state index in [0.29, 0.717) is 12.5 Å². The van der Waals surface area contributed by atoms with Gasteiger partial charge in [-0.05, 0) is 30.9 Å². The van der Waals surface area contributed by atoms with Crippen LogP contribution in [0.3, 0.4) is 0 Å². The maximum absolute atomic E-state index is 9.66. The molecule has 1 N–H and O–H groups in total. The molecule has 1 unspecified atom stereocenters. The Balaban J connectivity index is 2.01. The largest absolute Gasteiger partial charge is 0.378 e. The molecule has 2 rings (SSSR count). The van der Waals surface area contributed by atoms with Gasteiger partial charge in [0.2, 0.25) is 0 Å². The van der Waals surface area contributed by atoms with Crippen LogP contribution in [0.15, 0.2) is 30.3 Å². The quantitative estimate of drug-likeness (QED) is 0.829. The minimum atomic E-state index is -0.728. The standard InChI is InChI=1S/C17H24N2O/c1-2-19-17(13-18,16-10-4-3-5-11-16)14-20-12-15-8-6-7-9-15/h3-5,10-11,15,19H,2,6-9,12,14H2,1H3. The zero-order valence-corrected chi connectivity index (χ0v) is 12.3. The number of nitrogens with one attached hydrogen (secondary N) is 1. The van der Waals surface area contributed by atoms with Crippen LogP contribution >= 0.6 is 0 Å². The van der Waals surface area contributed by atoms with Crippen LogP contribution in [0.4, 0.5) is 0 Å². The molecule has 3 heteroatoms. The van der Waals surface area contributed by atoms with Crippen molar-refractivity contribution in [2.45, 2.75) is 38.1 Å². The smallest absolute Gasteiger partial charge is 0.155 e. The Bertz CT molecular complexity index is 434. The molecule has 0 aliphatic heterocycles. The second-order valence-corrected chi connectivity index (χ2v) is 5.58. The summed E-state index contributed by atoms with van der Waals surface area (Å²) in [5.41, 5.74) is 0.255. The van der Waals surface area contributed by atoms with Gasteiger partial charge in [-0.25, -0.2) is 0 Å². The molecule has 0 radical (unpaired) electrons. The summed E-state index contributed by atoms with van der Waals surface area (Å²) >= 11 is 0. The Morgan fingerprint density at radius 2 is 2.00 bits per heavy atom. The third-order valence-electron chi connectivity index (χ3n) is 4.08. The zero-order valence-electron chi connectivity index (χ0n) is 12.3. The second kappa shape index (κ2) is 7.42. The summed E-state index contributed by atoms with van der Waals surface area (Å²) < 4.78 is 5.90. The molecule has 1 aliphatic carbocycles. The van der Waals surface area contributed by atoms with E-state index in [1.807, 2.05) is 37.3 Å². The summed E-state index contributed by atoms with van der Waals surface area (Å²) in [6, 6.07) is 12.3. The summed E-state index contributed by atoms with van der Waals surface area (Å²) in [5, 5.41) is 13.0. The van der Waals surface area contributed by atoms with Crippen LogP contribution in [0.2, 0.25) is 0 Å². The van der Waals surface area contributed by atoms with E-state index in [4.69, 9.17) is 4.74 Å². The van der Waals surface area contributed by atoms with Crippen LogP contribution in [0.5, 0.6) is 0 Å². The minimum Gasteiger partial charge on any atom is -0.378 e. The van der Waals surface area contributed by atoms with Gasteiger partial charge in [-0.3, -0.25) is 5.32 Å². The lowest BCUT2D eigenvalue weighted by molar-refractivity contribution is 0.0644. The molecule has 1 saturated carbocycles. The van der Waals surface area contributed by atoms with Gasteiger partial charge >= 0.3 is 0 Å². The van der Waals surface area contributed by atoms with Crippen molar-refractivity contribution in [1.82, 2.24) is 5.32 Å². The predicted molar refractivity (Wildman–Crippen MR) is 80.2 cm³/mol. The number of nitriles is 1. The fourth-order valence-electron chi connectivity index (χ4n) is 2.95. The maximum Gasteiger partial charge on any atom is 0.155 e. The summed E-state index contributed by atoms with van der Waals surface area (Å²) in [4.78, 5) is 0. The molecule has 0 heterocycles. The number of hydrogen-bond acceptors (Lipinski definition) is 3. The molecular formula is C17H24N2O. The number of likely N-dealkylation sites (N-methyl/N-ethyl adjacent to an activating group) is 1. The molecule has 0 amide bonds. The Kier molecular flexibility index (Phi) is 5.58. The summed E-state index contributed by atoms with van der Waals surface area (Å²) in [5.74, 6) is 0.684. The Morgan fingerprint density at radius 1 is 1.30 bits per heavy atom. The van der Waals surface area contributed by atoms with Crippen molar-refractivity contribution in [2.75, 3.05) is 19.8 Å². The highest BCUT2D eigenvalue weighted by Gasteiger charge is 2.32. The Hall–Kier alpha value is -1.37. The normalized spacial score (nSPS) is 18.6. The van der Waals surface area contributed by atoms with Gasteiger partial charge in [0.15, 0.2) is 5.54 Å². The number of benzene rings is 1. The van der Waals surface area contributed by atoms with Crippen LogP contribution in [0, 0.1) is 17.2 Å². The molecule has 3 nitrogen and oxygen atoms in total. The van der Waals surface area contributed by atoms with Crippen LogP contribution < -0.4 is 5.32 Å². The lowest BCUT2D eigenvalue weighted by Crippen LogP contribution is -2.45. The molecule has 1 aromatic rings. The predicted octanol–water partition coefficient (Wildman–Crippen LogP) is 3.22. The highest BCUT2D eigenvalue weighted by Crippen LogP contribution is 2.26. The fraction of sp³-hybridized carbons (Fsp3) is 0.588. The van der Waals surface area contributed by atoms with E-state index >= 15 is 0 Å². The van der Waals surface area contributed by atoms with E-state index in [-0.39, 0.29) is 0 Å². The average Bonchev–Trinajstić information content (AvgIpc) is 3.00. The van der Waals surface area contributed by atoms with Crippen molar-refractivity contribution in [2.24, 2.45) is 5.92 Å².